The van der Waals surface area contributed by atoms with Crippen LogP contribution in [0.3, 0.4) is 0 Å². The number of aromatic nitrogens is 2. The molecule has 2 aromatic heterocycles. The minimum Gasteiger partial charge on any atom is -0.368 e. The van der Waals surface area contributed by atoms with Crippen LogP contribution >= 0.6 is 0 Å². The van der Waals surface area contributed by atoms with Gasteiger partial charge in [-0.05, 0) is 67.0 Å². The Morgan fingerprint density at radius 1 is 1.09 bits per heavy atom. The van der Waals surface area contributed by atoms with Crippen LogP contribution in [0.25, 0.3) is 10.9 Å². The van der Waals surface area contributed by atoms with Gasteiger partial charge in [-0.15, -0.1) is 0 Å². The molecule has 0 radical (unpaired) electrons. The zero-order valence-electron chi connectivity index (χ0n) is 20.3. The van der Waals surface area contributed by atoms with Gasteiger partial charge >= 0.3 is 6.18 Å². The van der Waals surface area contributed by atoms with Gasteiger partial charge in [0.2, 0.25) is 5.72 Å². The molecular formula is C26H32F4N4O. The Balaban J connectivity index is 1.54. The molecule has 3 N–H and O–H groups in total. The zero-order valence-corrected chi connectivity index (χ0v) is 20.3. The summed E-state index contributed by atoms with van der Waals surface area (Å²) in [6.07, 6.45) is -0.507. The van der Waals surface area contributed by atoms with Gasteiger partial charge in [-0.3, -0.25) is 5.32 Å². The van der Waals surface area contributed by atoms with Gasteiger partial charge in [0.1, 0.15) is 11.6 Å². The van der Waals surface area contributed by atoms with Gasteiger partial charge in [0.15, 0.2) is 0 Å². The van der Waals surface area contributed by atoms with Crippen molar-refractivity contribution in [3.05, 3.63) is 59.2 Å². The number of aliphatic hydroxyl groups is 1. The molecule has 3 aromatic rings. The van der Waals surface area contributed by atoms with Crippen LogP contribution in [0.2, 0.25) is 0 Å². The number of fused-ring (bicyclic) bond motifs is 1. The molecular weight excluding hydrogens is 460 g/mol. The number of pyridine rings is 1. The molecule has 1 saturated heterocycles. The van der Waals surface area contributed by atoms with Gasteiger partial charge in [0.05, 0.1) is 11.7 Å². The van der Waals surface area contributed by atoms with E-state index in [1.54, 1.807) is 33.0 Å². The van der Waals surface area contributed by atoms with Crippen LogP contribution in [0.1, 0.15) is 56.4 Å². The van der Waals surface area contributed by atoms with Crippen LogP contribution in [-0.2, 0) is 12.0 Å². The molecule has 1 unspecified atom stereocenters. The SMILES string of the molecule is Cc1ccc(F)cc1C(C)(C)CC(O)(NCc1cc2cc(N3CCCCC3)ncc2[nH]1)C(F)(F)F. The summed E-state index contributed by atoms with van der Waals surface area (Å²) in [5.74, 6) is 0.326. The van der Waals surface area contributed by atoms with Crippen LogP contribution in [0.15, 0.2) is 36.5 Å². The van der Waals surface area contributed by atoms with Gasteiger partial charge in [0.25, 0.3) is 0 Å². The molecule has 0 saturated carbocycles. The number of nitrogens with one attached hydrogen (secondary N) is 2. The lowest BCUT2D eigenvalue weighted by Crippen LogP contribution is -2.59. The quantitative estimate of drug-likeness (QED) is 0.292. The van der Waals surface area contributed by atoms with Crippen molar-refractivity contribution in [3.8, 4) is 0 Å². The highest BCUT2D eigenvalue weighted by atomic mass is 19.4. The average molecular weight is 493 g/mol. The smallest absolute Gasteiger partial charge is 0.368 e. The largest absolute Gasteiger partial charge is 0.431 e. The van der Waals surface area contributed by atoms with Crippen molar-refractivity contribution in [2.45, 2.75) is 70.3 Å². The van der Waals surface area contributed by atoms with Crippen molar-refractivity contribution in [1.82, 2.24) is 15.3 Å². The second-order valence-corrected chi connectivity index (χ2v) is 10.2. The third-order valence-corrected chi connectivity index (χ3v) is 6.89. The van der Waals surface area contributed by atoms with Crippen molar-refractivity contribution in [2.24, 2.45) is 0 Å². The maximum Gasteiger partial charge on any atom is 0.431 e. The van der Waals surface area contributed by atoms with Crippen molar-refractivity contribution < 1.29 is 22.7 Å². The van der Waals surface area contributed by atoms with Crippen LogP contribution in [0, 0.1) is 12.7 Å². The van der Waals surface area contributed by atoms with E-state index in [1.807, 2.05) is 6.07 Å². The maximum atomic E-state index is 14.1. The third-order valence-electron chi connectivity index (χ3n) is 6.89. The van der Waals surface area contributed by atoms with Gasteiger partial charge in [-0.25, -0.2) is 9.37 Å². The summed E-state index contributed by atoms with van der Waals surface area (Å²) < 4.78 is 56.1. The second-order valence-electron chi connectivity index (χ2n) is 10.2. The van der Waals surface area contributed by atoms with Crippen LogP contribution < -0.4 is 10.2 Å². The van der Waals surface area contributed by atoms with Gasteiger partial charge in [-0.2, -0.15) is 13.2 Å². The number of hydrogen-bond acceptors (Lipinski definition) is 4. The Labute approximate surface area is 202 Å². The average Bonchev–Trinajstić information content (AvgIpc) is 3.21. The summed E-state index contributed by atoms with van der Waals surface area (Å²) in [5, 5.41) is 14.0. The highest BCUT2D eigenvalue weighted by Gasteiger charge is 2.56. The lowest BCUT2D eigenvalue weighted by atomic mass is 9.75. The molecule has 9 heteroatoms. The number of piperidine rings is 1. The fourth-order valence-electron chi connectivity index (χ4n) is 5.03. The minimum absolute atomic E-state index is 0.234. The lowest BCUT2D eigenvalue weighted by Gasteiger charge is -2.39. The number of H-pyrrole nitrogens is 1. The number of anilines is 1. The fraction of sp³-hybridized carbons (Fsp3) is 0.500. The van der Waals surface area contributed by atoms with Gasteiger partial charge in [-0.1, -0.05) is 19.9 Å². The second kappa shape index (κ2) is 9.43. The predicted molar refractivity (Wildman–Crippen MR) is 129 cm³/mol. The molecule has 1 atom stereocenters. The van der Waals surface area contributed by atoms with Crippen molar-refractivity contribution in [3.63, 3.8) is 0 Å². The Morgan fingerprint density at radius 2 is 1.80 bits per heavy atom. The number of rotatable bonds is 7. The van der Waals surface area contributed by atoms with Crippen molar-refractivity contribution >= 4 is 16.7 Å². The van der Waals surface area contributed by atoms with E-state index in [-0.39, 0.29) is 6.54 Å². The van der Waals surface area contributed by atoms with Crippen molar-refractivity contribution in [2.75, 3.05) is 18.0 Å². The molecule has 5 nitrogen and oxygen atoms in total. The first-order chi connectivity index (χ1) is 16.4. The minimum atomic E-state index is -4.94. The molecule has 1 aliphatic heterocycles. The Bertz CT molecular complexity index is 1180. The summed E-state index contributed by atoms with van der Waals surface area (Å²) >= 11 is 0. The number of aryl methyl sites for hydroxylation is 1. The molecule has 0 amide bonds. The number of benzene rings is 1. The molecule has 1 aromatic carbocycles. The van der Waals surface area contributed by atoms with Crippen LogP contribution in [0.5, 0.6) is 0 Å². The molecule has 0 aliphatic carbocycles. The lowest BCUT2D eigenvalue weighted by molar-refractivity contribution is -0.280. The van der Waals surface area contributed by atoms with E-state index in [9.17, 15) is 22.7 Å². The predicted octanol–water partition coefficient (Wildman–Crippen LogP) is 5.71. The first kappa shape index (κ1) is 25.4. The van der Waals surface area contributed by atoms with E-state index < -0.39 is 29.6 Å². The Morgan fingerprint density at radius 3 is 2.49 bits per heavy atom. The maximum absolute atomic E-state index is 14.1. The molecule has 190 valence electrons. The molecule has 35 heavy (non-hydrogen) atoms. The summed E-state index contributed by atoms with van der Waals surface area (Å²) in [5.41, 5.74) is -2.03. The van der Waals surface area contributed by atoms with E-state index in [2.05, 4.69) is 20.2 Å². The first-order valence-corrected chi connectivity index (χ1v) is 11.9. The van der Waals surface area contributed by atoms with Gasteiger partial charge < -0.3 is 15.0 Å². The Kier molecular flexibility index (Phi) is 6.85. The summed E-state index contributed by atoms with van der Waals surface area (Å²) in [4.78, 5) is 9.81. The summed E-state index contributed by atoms with van der Waals surface area (Å²) in [6, 6.07) is 7.74. The molecule has 3 heterocycles. The van der Waals surface area contributed by atoms with E-state index in [0.29, 0.717) is 22.3 Å². The monoisotopic (exact) mass is 492 g/mol. The van der Waals surface area contributed by atoms with E-state index in [0.717, 1.165) is 37.1 Å². The number of hydrogen-bond donors (Lipinski definition) is 3. The highest BCUT2D eigenvalue weighted by molar-refractivity contribution is 5.82. The summed E-state index contributed by atoms with van der Waals surface area (Å²) in [6.45, 7) is 6.51. The standard InChI is InChI=1S/C26H32F4N4O/c1-17-7-8-19(27)13-21(17)24(2,3)16-25(35,26(28,29)30)32-14-20-11-18-12-23(31-15-22(18)33-20)34-9-5-4-6-10-34/h7-8,11-13,15,32-33,35H,4-6,9-10,14,16H2,1-3H3. The van der Waals surface area contributed by atoms with Gasteiger partial charge in [0, 0.05) is 37.1 Å². The third kappa shape index (κ3) is 5.46. The number of alkyl halides is 3. The highest BCUT2D eigenvalue weighted by Crippen LogP contribution is 2.41. The topological polar surface area (TPSA) is 64.2 Å². The molecule has 1 aliphatic rings. The Hall–Kier alpha value is -2.65. The first-order valence-electron chi connectivity index (χ1n) is 11.9. The van der Waals surface area contributed by atoms with E-state index in [4.69, 9.17) is 0 Å². The van der Waals surface area contributed by atoms with Crippen LogP contribution in [-0.4, -0.2) is 40.1 Å². The zero-order chi connectivity index (χ0) is 25.4. The summed E-state index contributed by atoms with van der Waals surface area (Å²) in [7, 11) is 0. The fourth-order valence-corrected chi connectivity index (χ4v) is 5.03. The van der Waals surface area contributed by atoms with Crippen LogP contribution in [0.4, 0.5) is 23.4 Å². The van der Waals surface area contributed by atoms with E-state index in [1.165, 1.54) is 24.6 Å². The van der Waals surface area contributed by atoms with Crippen molar-refractivity contribution in [1.29, 1.82) is 0 Å². The number of halogens is 4. The number of aromatic amines is 1. The normalized spacial score (nSPS) is 17.1. The molecule has 0 spiro atoms. The molecule has 1 fully saturated rings. The molecule has 0 bridgehead atoms. The van der Waals surface area contributed by atoms with E-state index >= 15 is 0 Å². The molecule has 4 rings (SSSR count). The number of nitrogens with zero attached hydrogens (tertiary/aromatic N) is 2.